The Balaban J connectivity index is 2.37. The van der Waals surface area contributed by atoms with Gasteiger partial charge in [0.05, 0.1) is 17.7 Å². The first-order valence-corrected chi connectivity index (χ1v) is 8.21. The summed E-state index contributed by atoms with van der Waals surface area (Å²) in [5.41, 5.74) is 6.06. The fourth-order valence-electron chi connectivity index (χ4n) is 1.71. The Kier molecular flexibility index (Phi) is 4.32. The van der Waals surface area contributed by atoms with Crippen LogP contribution in [0.2, 0.25) is 0 Å². The summed E-state index contributed by atoms with van der Waals surface area (Å²) in [7, 11) is -0.514. The monoisotopic (exact) mass is 312 g/mol. The molecule has 1 aromatic carbocycles. The summed E-state index contributed by atoms with van der Waals surface area (Å²) in [5.74, 6) is 0.609. The minimum Gasteiger partial charge on any atom is -0.497 e. The first-order valence-electron chi connectivity index (χ1n) is 5.89. The Labute approximate surface area is 122 Å². The van der Waals surface area contributed by atoms with E-state index in [-0.39, 0.29) is 4.90 Å². The molecule has 7 heteroatoms. The molecule has 20 heavy (non-hydrogen) atoms. The third-order valence-corrected chi connectivity index (χ3v) is 5.78. The smallest absolute Gasteiger partial charge is 0.264 e. The standard InChI is InChI=1S/C13H16N2O3S2/c1-15(10-4-3-5-11(6-10)18-2)20(16,17)13-7-12(8-14)19-9-13/h3-7,9H,8,14H2,1-2H3. The molecule has 1 aromatic heterocycles. The fourth-order valence-corrected chi connectivity index (χ4v) is 4.04. The lowest BCUT2D eigenvalue weighted by Gasteiger charge is -2.19. The maximum Gasteiger partial charge on any atom is 0.264 e. The number of anilines is 1. The molecule has 0 radical (unpaired) electrons. The van der Waals surface area contributed by atoms with E-state index in [4.69, 9.17) is 10.5 Å². The summed E-state index contributed by atoms with van der Waals surface area (Å²) < 4.78 is 31.4. The summed E-state index contributed by atoms with van der Waals surface area (Å²) in [5, 5.41) is 1.61. The molecule has 0 bridgehead atoms. The van der Waals surface area contributed by atoms with Crippen LogP contribution in [0.5, 0.6) is 5.75 Å². The lowest BCUT2D eigenvalue weighted by molar-refractivity contribution is 0.415. The lowest BCUT2D eigenvalue weighted by atomic mass is 10.3. The average molecular weight is 312 g/mol. The summed E-state index contributed by atoms with van der Waals surface area (Å²) >= 11 is 1.34. The summed E-state index contributed by atoms with van der Waals surface area (Å²) in [6.07, 6.45) is 0. The fraction of sp³-hybridized carbons (Fsp3) is 0.231. The molecule has 0 amide bonds. The van der Waals surface area contributed by atoms with E-state index in [2.05, 4.69) is 0 Å². The molecule has 2 N–H and O–H groups in total. The van der Waals surface area contributed by atoms with E-state index >= 15 is 0 Å². The van der Waals surface area contributed by atoms with Crippen LogP contribution in [-0.4, -0.2) is 22.6 Å². The SMILES string of the molecule is COc1cccc(N(C)S(=O)(=O)c2csc(CN)c2)c1. The predicted molar refractivity (Wildman–Crippen MR) is 80.8 cm³/mol. The summed E-state index contributed by atoms with van der Waals surface area (Å²) in [6, 6.07) is 8.51. The van der Waals surface area contributed by atoms with E-state index in [1.165, 1.54) is 22.7 Å². The number of ether oxygens (including phenoxy) is 1. The zero-order valence-corrected chi connectivity index (χ0v) is 12.9. The van der Waals surface area contributed by atoms with Crippen molar-refractivity contribution in [2.75, 3.05) is 18.5 Å². The molecule has 0 atom stereocenters. The van der Waals surface area contributed by atoms with Crippen molar-refractivity contribution in [2.24, 2.45) is 5.73 Å². The molecular weight excluding hydrogens is 296 g/mol. The van der Waals surface area contributed by atoms with Crippen molar-refractivity contribution in [3.63, 3.8) is 0 Å². The first-order chi connectivity index (χ1) is 9.48. The van der Waals surface area contributed by atoms with Gasteiger partial charge in [0.15, 0.2) is 0 Å². The second-order valence-corrected chi connectivity index (χ2v) is 7.09. The van der Waals surface area contributed by atoms with E-state index in [1.54, 1.807) is 42.8 Å². The Morgan fingerprint density at radius 3 is 2.70 bits per heavy atom. The Morgan fingerprint density at radius 1 is 1.35 bits per heavy atom. The third-order valence-electron chi connectivity index (χ3n) is 2.91. The molecule has 0 saturated carbocycles. The van der Waals surface area contributed by atoms with Crippen molar-refractivity contribution >= 4 is 27.0 Å². The summed E-state index contributed by atoms with van der Waals surface area (Å²) in [4.78, 5) is 1.09. The number of sulfonamides is 1. The van der Waals surface area contributed by atoms with Crippen LogP contribution in [0.1, 0.15) is 4.88 Å². The van der Waals surface area contributed by atoms with E-state index in [0.29, 0.717) is 18.0 Å². The van der Waals surface area contributed by atoms with E-state index in [1.807, 2.05) is 0 Å². The molecular formula is C13H16N2O3S2. The van der Waals surface area contributed by atoms with Crippen LogP contribution in [0.3, 0.4) is 0 Å². The molecule has 0 spiro atoms. The van der Waals surface area contributed by atoms with Crippen LogP contribution in [0.25, 0.3) is 0 Å². The molecule has 5 nitrogen and oxygen atoms in total. The minimum atomic E-state index is -3.57. The minimum absolute atomic E-state index is 0.258. The van der Waals surface area contributed by atoms with Gasteiger partial charge in [0.2, 0.25) is 0 Å². The van der Waals surface area contributed by atoms with Crippen molar-refractivity contribution in [2.45, 2.75) is 11.4 Å². The first kappa shape index (κ1) is 14.8. The normalized spacial score (nSPS) is 11.3. The van der Waals surface area contributed by atoms with Crippen molar-refractivity contribution in [1.82, 2.24) is 0 Å². The van der Waals surface area contributed by atoms with Gasteiger partial charge in [-0.15, -0.1) is 11.3 Å². The predicted octanol–water partition coefficient (Wildman–Crippen LogP) is 2.04. The number of nitrogens with two attached hydrogens (primary N) is 1. The molecule has 1 heterocycles. The van der Waals surface area contributed by atoms with Gasteiger partial charge in [-0.05, 0) is 18.2 Å². The van der Waals surface area contributed by atoms with Gasteiger partial charge >= 0.3 is 0 Å². The highest BCUT2D eigenvalue weighted by atomic mass is 32.2. The van der Waals surface area contributed by atoms with Crippen molar-refractivity contribution in [3.8, 4) is 5.75 Å². The maximum atomic E-state index is 12.5. The van der Waals surface area contributed by atoms with Gasteiger partial charge in [-0.3, -0.25) is 4.31 Å². The number of rotatable bonds is 5. The van der Waals surface area contributed by atoms with Gasteiger partial charge in [0.25, 0.3) is 10.0 Å². The van der Waals surface area contributed by atoms with Crippen LogP contribution in [-0.2, 0) is 16.6 Å². The molecule has 0 aliphatic heterocycles. The molecule has 2 rings (SSSR count). The molecule has 0 unspecified atom stereocenters. The largest absolute Gasteiger partial charge is 0.497 e. The van der Waals surface area contributed by atoms with E-state index < -0.39 is 10.0 Å². The molecule has 108 valence electrons. The van der Waals surface area contributed by atoms with Gasteiger partial charge in [0.1, 0.15) is 5.75 Å². The maximum absolute atomic E-state index is 12.5. The highest BCUT2D eigenvalue weighted by molar-refractivity contribution is 7.93. The van der Waals surface area contributed by atoms with Crippen LogP contribution in [0, 0.1) is 0 Å². The third kappa shape index (κ3) is 2.79. The lowest BCUT2D eigenvalue weighted by Crippen LogP contribution is -2.26. The Hall–Kier alpha value is -1.57. The average Bonchev–Trinajstić information content (AvgIpc) is 2.96. The number of thiophene rings is 1. The van der Waals surface area contributed by atoms with Crippen LogP contribution in [0.4, 0.5) is 5.69 Å². The Morgan fingerprint density at radius 2 is 2.10 bits per heavy atom. The van der Waals surface area contributed by atoms with Gasteiger partial charge in [-0.2, -0.15) is 0 Å². The number of hydrogen-bond acceptors (Lipinski definition) is 5. The highest BCUT2D eigenvalue weighted by Crippen LogP contribution is 2.27. The van der Waals surface area contributed by atoms with E-state index in [0.717, 1.165) is 4.88 Å². The van der Waals surface area contributed by atoms with Gasteiger partial charge in [-0.25, -0.2) is 8.42 Å². The van der Waals surface area contributed by atoms with Crippen LogP contribution >= 0.6 is 11.3 Å². The number of methoxy groups -OCH3 is 1. The van der Waals surface area contributed by atoms with Crippen molar-refractivity contribution < 1.29 is 13.2 Å². The van der Waals surface area contributed by atoms with Gasteiger partial charge < -0.3 is 10.5 Å². The van der Waals surface area contributed by atoms with E-state index in [9.17, 15) is 8.42 Å². The number of benzene rings is 1. The zero-order chi connectivity index (χ0) is 14.8. The number of hydrogen-bond donors (Lipinski definition) is 1. The molecule has 0 aliphatic rings. The van der Waals surface area contributed by atoms with Crippen molar-refractivity contribution in [3.05, 3.63) is 40.6 Å². The van der Waals surface area contributed by atoms with Crippen molar-refractivity contribution in [1.29, 1.82) is 0 Å². The number of nitrogens with zero attached hydrogens (tertiary/aromatic N) is 1. The molecule has 0 saturated heterocycles. The second kappa shape index (κ2) is 5.82. The second-order valence-electron chi connectivity index (χ2n) is 4.13. The van der Waals surface area contributed by atoms with Crippen LogP contribution < -0.4 is 14.8 Å². The van der Waals surface area contributed by atoms with Gasteiger partial charge in [0, 0.05) is 29.9 Å². The Bertz CT molecular complexity index is 695. The zero-order valence-electron chi connectivity index (χ0n) is 11.2. The molecule has 0 aliphatic carbocycles. The topological polar surface area (TPSA) is 72.6 Å². The molecule has 2 aromatic rings. The van der Waals surface area contributed by atoms with Gasteiger partial charge in [-0.1, -0.05) is 6.07 Å². The molecule has 0 fully saturated rings. The highest BCUT2D eigenvalue weighted by Gasteiger charge is 2.22. The summed E-state index contributed by atoms with van der Waals surface area (Å²) in [6.45, 7) is 0.336. The quantitative estimate of drug-likeness (QED) is 0.917. The van der Waals surface area contributed by atoms with Crippen LogP contribution in [0.15, 0.2) is 40.6 Å².